The highest BCUT2D eigenvalue weighted by Crippen LogP contribution is 2.16. The number of rotatable bonds is 5. The van der Waals surface area contributed by atoms with Gasteiger partial charge in [-0.15, -0.1) is 0 Å². The second kappa shape index (κ2) is 6.69. The van der Waals surface area contributed by atoms with E-state index in [1.54, 1.807) is 12.1 Å². The zero-order valence-electron chi connectivity index (χ0n) is 10.9. The third-order valence-corrected chi connectivity index (χ3v) is 3.38. The fourth-order valence-corrected chi connectivity index (χ4v) is 2.15. The van der Waals surface area contributed by atoms with Crippen molar-refractivity contribution in [1.82, 2.24) is 5.32 Å². The molecule has 2 aromatic rings. The molecule has 0 spiro atoms. The Morgan fingerprint density at radius 2 is 1.89 bits per heavy atom. The Balaban J connectivity index is 1.86. The lowest BCUT2D eigenvalue weighted by Gasteiger charge is -2.13. The van der Waals surface area contributed by atoms with Gasteiger partial charge in [-0.2, -0.15) is 0 Å². The summed E-state index contributed by atoms with van der Waals surface area (Å²) in [6.45, 7) is 3.48. The van der Waals surface area contributed by atoms with Crippen molar-refractivity contribution in [3.05, 3.63) is 70.5 Å². The van der Waals surface area contributed by atoms with Crippen LogP contribution >= 0.6 is 11.6 Å². The van der Waals surface area contributed by atoms with Crippen molar-refractivity contribution in [2.75, 3.05) is 6.54 Å². The Kier molecular flexibility index (Phi) is 4.94. The maximum Gasteiger partial charge on any atom is 0.129 e. The molecule has 19 heavy (non-hydrogen) atoms. The van der Waals surface area contributed by atoms with Crippen LogP contribution < -0.4 is 5.32 Å². The Labute approximate surface area is 118 Å². The molecule has 1 atom stereocenters. The van der Waals surface area contributed by atoms with Gasteiger partial charge in [-0.3, -0.25) is 0 Å². The lowest BCUT2D eigenvalue weighted by Crippen LogP contribution is -2.20. The van der Waals surface area contributed by atoms with Gasteiger partial charge in [0.05, 0.1) is 0 Å². The highest BCUT2D eigenvalue weighted by Gasteiger charge is 2.06. The van der Waals surface area contributed by atoms with Crippen molar-refractivity contribution in [3.63, 3.8) is 0 Å². The summed E-state index contributed by atoms with van der Waals surface area (Å²) < 4.78 is 13.6. The van der Waals surface area contributed by atoms with Crippen LogP contribution in [0, 0.1) is 5.82 Å². The van der Waals surface area contributed by atoms with E-state index in [1.807, 2.05) is 18.2 Å². The molecule has 0 aliphatic heterocycles. The van der Waals surface area contributed by atoms with Crippen molar-refractivity contribution in [2.24, 2.45) is 0 Å². The maximum absolute atomic E-state index is 13.6. The van der Waals surface area contributed by atoms with Crippen molar-refractivity contribution < 1.29 is 4.39 Å². The summed E-state index contributed by atoms with van der Waals surface area (Å²) in [5.41, 5.74) is 1.93. The second-order valence-corrected chi connectivity index (χ2v) is 5.11. The van der Waals surface area contributed by atoms with Gasteiger partial charge in [0.1, 0.15) is 5.82 Å². The lowest BCUT2D eigenvalue weighted by molar-refractivity contribution is 0.570. The molecule has 100 valence electrons. The van der Waals surface area contributed by atoms with Crippen LogP contribution in [-0.4, -0.2) is 6.54 Å². The van der Waals surface area contributed by atoms with Gasteiger partial charge in [0.25, 0.3) is 0 Å². The first-order valence-corrected chi connectivity index (χ1v) is 6.74. The largest absolute Gasteiger partial charge is 0.312 e. The highest BCUT2D eigenvalue weighted by atomic mass is 35.5. The fourth-order valence-electron chi connectivity index (χ4n) is 1.99. The number of hydrogen-bond acceptors (Lipinski definition) is 1. The molecule has 0 saturated heterocycles. The predicted molar refractivity (Wildman–Crippen MR) is 78.0 cm³/mol. The molecule has 2 aromatic carbocycles. The number of nitrogens with one attached hydrogen (secondary N) is 1. The quantitative estimate of drug-likeness (QED) is 0.856. The van der Waals surface area contributed by atoms with Gasteiger partial charge in [0.2, 0.25) is 0 Å². The topological polar surface area (TPSA) is 12.0 Å². The van der Waals surface area contributed by atoms with E-state index >= 15 is 0 Å². The smallest absolute Gasteiger partial charge is 0.129 e. The summed E-state index contributed by atoms with van der Waals surface area (Å²) in [6, 6.07) is 15.1. The van der Waals surface area contributed by atoms with Crippen molar-refractivity contribution in [2.45, 2.75) is 19.4 Å². The van der Waals surface area contributed by atoms with Crippen LogP contribution in [0.15, 0.2) is 48.5 Å². The molecule has 0 aliphatic rings. The van der Waals surface area contributed by atoms with Gasteiger partial charge < -0.3 is 5.32 Å². The van der Waals surface area contributed by atoms with E-state index in [0.717, 1.165) is 6.54 Å². The third kappa shape index (κ3) is 4.05. The molecule has 1 nitrogen and oxygen atoms in total. The molecule has 0 heterocycles. The molecule has 0 saturated carbocycles. The minimum Gasteiger partial charge on any atom is -0.312 e. The van der Waals surface area contributed by atoms with E-state index in [9.17, 15) is 4.39 Å². The average Bonchev–Trinajstić information content (AvgIpc) is 2.42. The maximum atomic E-state index is 13.6. The van der Waals surface area contributed by atoms with Crippen LogP contribution in [0.2, 0.25) is 5.02 Å². The molecular formula is C16H17ClFN. The molecule has 0 bridgehead atoms. The second-order valence-electron chi connectivity index (χ2n) is 4.68. The molecule has 3 heteroatoms. The van der Waals surface area contributed by atoms with E-state index in [2.05, 4.69) is 24.4 Å². The SMILES string of the molecule is CC(CNCc1ccc(Cl)cc1F)c1ccccc1. The van der Waals surface area contributed by atoms with Gasteiger partial charge in [-0.25, -0.2) is 4.39 Å². The third-order valence-electron chi connectivity index (χ3n) is 3.15. The lowest BCUT2D eigenvalue weighted by atomic mass is 10.0. The summed E-state index contributed by atoms with van der Waals surface area (Å²) in [7, 11) is 0. The number of hydrogen-bond donors (Lipinski definition) is 1. The first-order chi connectivity index (χ1) is 9.16. The predicted octanol–water partition coefficient (Wildman–Crippen LogP) is 4.37. The van der Waals surface area contributed by atoms with Gasteiger partial charge in [0.15, 0.2) is 0 Å². The van der Waals surface area contributed by atoms with E-state index in [-0.39, 0.29) is 5.82 Å². The Hall–Kier alpha value is -1.38. The fraction of sp³-hybridized carbons (Fsp3) is 0.250. The van der Waals surface area contributed by atoms with Crippen molar-refractivity contribution in [1.29, 1.82) is 0 Å². The molecule has 1 N–H and O–H groups in total. The first kappa shape index (κ1) is 14.0. The molecule has 0 aliphatic carbocycles. The van der Waals surface area contributed by atoms with E-state index < -0.39 is 0 Å². The Bertz CT molecular complexity index is 528. The summed E-state index contributed by atoms with van der Waals surface area (Å²) >= 11 is 5.72. The van der Waals surface area contributed by atoms with Gasteiger partial charge in [-0.05, 0) is 23.6 Å². The number of halogens is 2. The molecule has 0 aromatic heterocycles. The van der Waals surface area contributed by atoms with E-state index in [0.29, 0.717) is 23.0 Å². The van der Waals surface area contributed by atoms with Gasteiger partial charge in [0, 0.05) is 23.7 Å². The Morgan fingerprint density at radius 1 is 1.16 bits per heavy atom. The van der Waals surface area contributed by atoms with Gasteiger partial charge in [-0.1, -0.05) is 54.9 Å². The monoisotopic (exact) mass is 277 g/mol. The minimum atomic E-state index is -0.257. The number of benzene rings is 2. The molecule has 2 rings (SSSR count). The molecule has 0 amide bonds. The normalized spacial score (nSPS) is 12.4. The summed E-state index contributed by atoms with van der Waals surface area (Å²) in [6.07, 6.45) is 0. The standard InChI is InChI=1S/C16H17ClFN/c1-12(13-5-3-2-4-6-13)10-19-11-14-7-8-15(17)9-16(14)18/h2-9,12,19H,10-11H2,1H3. The molecular weight excluding hydrogens is 261 g/mol. The van der Waals surface area contributed by atoms with Crippen LogP contribution in [0.25, 0.3) is 0 Å². The summed E-state index contributed by atoms with van der Waals surface area (Å²) in [5, 5.41) is 3.71. The van der Waals surface area contributed by atoms with Crippen LogP contribution in [-0.2, 0) is 6.54 Å². The van der Waals surface area contributed by atoms with E-state index in [1.165, 1.54) is 11.6 Å². The molecule has 0 radical (unpaired) electrons. The van der Waals surface area contributed by atoms with Crippen LogP contribution in [0.1, 0.15) is 24.0 Å². The van der Waals surface area contributed by atoms with Crippen molar-refractivity contribution >= 4 is 11.6 Å². The summed E-state index contributed by atoms with van der Waals surface area (Å²) in [4.78, 5) is 0. The molecule has 1 unspecified atom stereocenters. The highest BCUT2D eigenvalue weighted by molar-refractivity contribution is 6.30. The van der Waals surface area contributed by atoms with Crippen molar-refractivity contribution in [3.8, 4) is 0 Å². The Morgan fingerprint density at radius 3 is 2.58 bits per heavy atom. The zero-order chi connectivity index (χ0) is 13.7. The zero-order valence-corrected chi connectivity index (χ0v) is 11.6. The minimum absolute atomic E-state index is 0.257. The average molecular weight is 278 g/mol. The molecule has 0 fully saturated rings. The van der Waals surface area contributed by atoms with Gasteiger partial charge >= 0.3 is 0 Å². The first-order valence-electron chi connectivity index (χ1n) is 6.36. The van der Waals surface area contributed by atoms with Crippen LogP contribution in [0.4, 0.5) is 4.39 Å². The van der Waals surface area contributed by atoms with Crippen LogP contribution in [0.3, 0.4) is 0 Å². The van der Waals surface area contributed by atoms with E-state index in [4.69, 9.17) is 11.6 Å². The van der Waals surface area contributed by atoms with Crippen LogP contribution in [0.5, 0.6) is 0 Å². The summed E-state index contributed by atoms with van der Waals surface area (Å²) in [5.74, 6) is 0.143.